The molecule has 0 saturated heterocycles. The van der Waals surface area contributed by atoms with E-state index in [0.29, 0.717) is 17.5 Å². The van der Waals surface area contributed by atoms with Gasteiger partial charge in [-0.15, -0.1) is 0 Å². The summed E-state index contributed by atoms with van der Waals surface area (Å²) in [5.74, 6) is 1.58. The molecule has 0 unspecified atom stereocenters. The summed E-state index contributed by atoms with van der Waals surface area (Å²) in [6.45, 7) is 4.16. The second-order valence-electron chi connectivity index (χ2n) is 6.79. The Kier molecular flexibility index (Phi) is 4.60. The minimum absolute atomic E-state index is 0.0424. The number of hydrogen-bond acceptors (Lipinski definition) is 3. The van der Waals surface area contributed by atoms with Gasteiger partial charge < -0.3 is 10.1 Å². The van der Waals surface area contributed by atoms with Gasteiger partial charge in [0.05, 0.1) is 18.8 Å². The van der Waals surface area contributed by atoms with Crippen LogP contribution in [-0.2, 0) is 7.05 Å². The number of ether oxygens (including phenoxy) is 1. The summed E-state index contributed by atoms with van der Waals surface area (Å²) in [7, 11) is 3.48. The van der Waals surface area contributed by atoms with Crippen molar-refractivity contribution in [1.29, 1.82) is 0 Å². The first-order valence-electron chi connectivity index (χ1n) is 8.48. The van der Waals surface area contributed by atoms with Crippen molar-refractivity contribution in [3.8, 4) is 5.75 Å². The molecule has 1 saturated carbocycles. The fraction of sp³-hybridized carbons (Fsp3) is 0.474. The van der Waals surface area contributed by atoms with Crippen LogP contribution in [0.25, 0.3) is 0 Å². The lowest BCUT2D eigenvalue weighted by Crippen LogP contribution is -2.31. The van der Waals surface area contributed by atoms with Crippen LogP contribution in [0.3, 0.4) is 0 Å². The van der Waals surface area contributed by atoms with Crippen molar-refractivity contribution in [1.82, 2.24) is 15.1 Å². The van der Waals surface area contributed by atoms with Crippen LogP contribution in [0.2, 0.25) is 0 Å². The number of aromatic nitrogens is 2. The van der Waals surface area contributed by atoms with Crippen molar-refractivity contribution in [3.63, 3.8) is 0 Å². The molecule has 1 N–H and O–H groups in total. The highest BCUT2D eigenvalue weighted by molar-refractivity contribution is 5.93. The summed E-state index contributed by atoms with van der Waals surface area (Å²) >= 11 is 0. The number of hydrogen-bond donors (Lipinski definition) is 1. The van der Waals surface area contributed by atoms with Gasteiger partial charge in [-0.3, -0.25) is 9.48 Å². The minimum atomic E-state index is -0.0652. The van der Waals surface area contributed by atoms with Crippen molar-refractivity contribution in [3.05, 3.63) is 47.3 Å². The molecule has 1 aliphatic rings. The maximum Gasteiger partial charge on any atom is 0.270 e. The summed E-state index contributed by atoms with van der Waals surface area (Å²) in [5.41, 5.74) is 2.67. The Hall–Kier alpha value is -2.30. The van der Waals surface area contributed by atoms with Gasteiger partial charge in [-0.1, -0.05) is 26.0 Å². The molecule has 1 fully saturated rings. The van der Waals surface area contributed by atoms with Crippen LogP contribution in [0.5, 0.6) is 5.75 Å². The Balaban J connectivity index is 1.79. The second kappa shape index (κ2) is 6.67. The zero-order valence-electron chi connectivity index (χ0n) is 14.7. The highest BCUT2D eigenvalue weighted by atomic mass is 16.5. The van der Waals surface area contributed by atoms with E-state index in [4.69, 9.17) is 4.74 Å². The van der Waals surface area contributed by atoms with Crippen LogP contribution in [0, 0.1) is 5.92 Å². The monoisotopic (exact) mass is 327 g/mol. The van der Waals surface area contributed by atoms with Gasteiger partial charge in [0, 0.05) is 7.05 Å². The van der Waals surface area contributed by atoms with Crippen LogP contribution in [0.4, 0.5) is 0 Å². The van der Waals surface area contributed by atoms with Crippen molar-refractivity contribution >= 4 is 5.91 Å². The van der Waals surface area contributed by atoms with E-state index in [-0.39, 0.29) is 11.9 Å². The van der Waals surface area contributed by atoms with Crippen LogP contribution in [0.15, 0.2) is 30.3 Å². The van der Waals surface area contributed by atoms with E-state index in [2.05, 4.69) is 24.3 Å². The SMILES string of the molecule is COc1ccc([C@H](NC(=O)c2cc(C(C)C)nn2C)C2CC2)cc1. The van der Waals surface area contributed by atoms with Gasteiger partial charge in [0.25, 0.3) is 5.91 Å². The van der Waals surface area contributed by atoms with Crippen molar-refractivity contribution in [2.24, 2.45) is 13.0 Å². The Bertz CT molecular complexity index is 715. The highest BCUT2D eigenvalue weighted by Gasteiger charge is 2.34. The highest BCUT2D eigenvalue weighted by Crippen LogP contribution is 2.41. The molecule has 24 heavy (non-hydrogen) atoms. The fourth-order valence-electron chi connectivity index (χ4n) is 2.91. The normalized spacial score (nSPS) is 15.4. The average molecular weight is 327 g/mol. The number of aryl methyl sites for hydroxylation is 1. The van der Waals surface area contributed by atoms with E-state index >= 15 is 0 Å². The molecule has 0 bridgehead atoms. The van der Waals surface area contributed by atoms with Gasteiger partial charge in [-0.25, -0.2) is 0 Å². The van der Waals surface area contributed by atoms with Gasteiger partial charge in [-0.2, -0.15) is 5.10 Å². The molecule has 1 amide bonds. The molecule has 1 aromatic carbocycles. The standard InChI is InChI=1S/C19H25N3O2/c1-12(2)16-11-17(22(3)21-16)19(23)20-18(13-5-6-13)14-7-9-15(24-4)10-8-14/h7-13,18H,5-6H2,1-4H3,(H,20,23)/t18-/m1/s1. The molecule has 1 aliphatic carbocycles. The predicted molar refractivity (Wildman–Crippen MR) is 93.2 cm³/mol. The van der Waals surface area contributed by atoms with E-state index in [1.54, 1.807) is 11.8 Å². The summed E-state index contributed by atoms with van der Waals surface area (Å²) < 4.78 is 6.89. The molecule has 1 atom stereocenters. The molecular formula is C19H25N3O2. The van der Waals surface area contributed by atoms with Crippen LogP contribution in [-0.4, -0.2) is 22.8 Å². The molecule has 5 nitrogen and oxygen atoms in total. The maximum absolute atomic E-state index is 12.7. The number of carbonyl (C=O) groups is 1. The summed E-state index contributed by atoms with van der Waals surface area (Å²) in [5, 5.41) is 7.64. The average Bonchev–Trinajstić information content (AvgIpc) is 3.33. The van der Waals surface area contributed by atoms with Crippen molar-refractivity contribution in [2.45, 2.75) is 38.6 Å². The lowest BCUT2D eigenvalue weighted by atomic mass is 10.0. The smallest absolute Gasteiger partial charge is 0.270 e. The van der Waals surface area contributed by atoms with Gasteiger partial charge >= 0.3 is 0 Å². The predicted octanol–water partition coefficient (Wildman–Crippen LogP) is 3.43. The molecular weight excluding hydrogens is 302 g/mol. The molecule has 0 radical (unpaired) electrons. The fourth-order valence-corrected chi connectivity index (χ4v) is 2.91. The molecule has 2 aromatic rings. The molecule has 1 aromatic heterocycles. The van der Waals surface area contributed by atoms with E-state index in [1.807, 2.05) is 37.4 Å². The van der Waals surface area contributed by atoms with E-state index in [0.717, 1.165) is 29.8 Å². The van der Waals surface area contributed by atoms with E-state index in [1.165, 1.54) is 0 Å². The molecule has 1 heterocycles. The molecule has 5 heteroatoms. The first-order valence-corrected chi connectivity index (χ1v) is 8.48. The van der Waals surface area contributed by atoms with Crippen LogP contribution in [0.1, 0.15) is 60.4 Å². The zero-order valence-corrected chi connectivity index (χ0v) is 14.7. The number of nitrogens with one attached hydrogen (secondary N) is 1. The molecule has 128 valence electrons. The van der Waals surface area contributed by atoms with Crippen molar-refractivity contribution in [2.75, 3.05) is 7.11 Å². The Labute approximate surface area is 143 Å². The first-order chi connectivity index (χ1) is 11.5. The summed E-state index contributed by atoms with van der Waals surface area (Å²) in [4.78, 5) is 12.7. The lowest BCUT2D eigenvalue weighted by molar-refractivity contribution is 0.0922. The van der Waals surface area contributed by atoms with E-state index < -0.39 is 0 Å². The third-order valence-electron chi connectivity index (χ3n) is 4.58. The second-order valence-corrected chi connectivity index (χ2v) is 6.79. The van der Waals surface area contributed by atoms with Gasteiger partial charge in [-0.05, 0) is 48.4 Å². The van der Waals surface area contributed by atoms with Crippen molar-refractivity contribution < 1.29 is 9.53 Å². The van der Waals surface area contributed by atoms with Crippen LogP contribution < -0.4 is 10.1 Å². The number of carbonyl (C=O) groups excluding carboxylic acids is 1. The maximum atomic E-state index is 12.7. The first kappa shape index (κ1) is 16.6. The Morgan fingerprint density at radius 2 is 1.96 bits per heavy atom. The number of nitrogens with zero attached hydrogens (tertiary/aromatic N) is 2. The third kappa shape index (κ3) is 3.45. The van der Waals surface area contributed by atoms with Gasteiger partial charge in [0.15, 0.2) is 0 Å². The summed E-state index contributed by atoms with van der Waals surface area (Å²) in [6, 6.07) is 9.88. The number of benzene rings is 1. The topological polar surface area (TPSA) is 56.1 Å². The van der Waals surface area contributed by atoms with Gasteiger partial charge in [0.2, 0.25) is 0 Å². The largest absolute Gasteiger partial charge is 0.497 e. The molecule has 0 aliphatic heterocycles. The summed E-state index contributed by atoms with van der Waals surface area (Å²) in [6.07, 6.45) is 2.30. The molecule has 3 rings (SSSR count). The Morgan fingerprint density at radius 3 is 2.46 bits per heavy atom. The number of amides is 1. The Morgan fingerprint density at radius 1 is 1.29 bits per heavy atom. The number of rotatable bonds is 6. The zero-order chi connectivity index (χ0) is 17.3. The minimum Gasteiger partial charge on any atom is -0.497 e. The number of methoxy groups -OCH3 is 1. The van der Waals surface area contributed by atoms with Gasteiger partial charge in [0.1, 0.15) is 11.4 Å². The van der Waals surface area contributed by atoms with Crippen LogP contribution >= 0.6 is 0 Å². The quantitative estimate of drug-likeness (QED) is 0.884. The lowest BCUT2D eigenvalue weighted by Gasteiger charge is -2.19. The molecule has 0 spiro atoms. The van der Waals surface area contributed by atoms with E-state index in [9.17, 15) is 4.79 Å². The third-order valence-corrected chi connectivity index (χ3v) is 4.58.